The van der Waals surface area contributed by atoms with Gasteiger partial charge in [0.1, 0.15) is 12.1 Å². The number of hydrogen-bond donors (Lipinski definition) is 3. The molecule has 0 bridgehead atoms. The molecule has 3 N–H and O–H groups in total. The number of piperazine rings is 1. The van der Waals surface area contributed by atoms with Gasteiger partial charge in [-0.3, -0.25) is 31.2 Å². The van der Waals surface area contributed by atoms with Crippen LogP contribution in [-0.2, 0) is 0 Å². The molecular formula is C17H22N8O4. The van der Waals surface area contributed by atoms with E-state index in [0.29, 0.717) is 18.8 Å². The van der Waals surface area contributed by atoms with E-state index >= 15 is 0 Å². The Bertz CT molecular complexity index is 885. The first-order valence-electron chi connectivity index (χ1n) is 8.88. The average molecular weight is 402 g/mol. The van der Waals surface area contributed by atoms with Crippen molar-refractivity contribution in [3.05, 3.63) is 46.3 Å². The maximum Gasteiger partial charge on any atom is 0.356 e. The number of para-hydroxylation sites is 1. The van der Waals surface area contributed by atoms with E-state index in [9.17, 15) is 14.9 Å². The number of nitrogens with zero attached hydrogens (tertiary/aromatic N) is 5. The van der Waals surface area contributed by atoms with Crippen molar-refractivity contribution in [3.63, 3.8) is 0 Å². The topological polar surface area (TPSA) is 138 Å². The van der Waals surface area contributed by atoms with Gasteiger partial charge in [-0.05, 0) is 19.2 Å². The highest BCUT2D eigenvalue weighted by molar-refractivity contribution is 5.97. The Kier molecular flexibility index (Phi) is 6.36. The second kappa shape index (κ2) is 9.12. The van der Waals surface area contributed by atoms with E-state index in [4.69, 9.17) is 4.74 Å². The second-order valence-corrected chi connectivity index (χ2v) is 6.36. The number of amides is 1. The Morgan fingerprint density at radius 3 is 2.55 bits per heavy atom. The molecule has 1 saturated heterocycles. The van der Waals surface area contributed by atoms with Gasteiger partial charge < -0.3 is 9.64 Å². The Hall–Kier alpha value is -3.51. The van der Waals surface area contributed by atoms with Gasteiger partial charge >= 0.3 is 5.69 Å². The number of hydrogen-bond acceptors (Lipinski definition) is 10. The molecule has 12 heteroatoms. The number of benzene rings is 1. The third-order valence-corrected chi connectivity index (χ3v) is 4.42. The van der Waals surface area contributed by atoms with Crippen LogP contribution < -0.4 is 21.0 Å². The summed E-state index contributed by atoms with van der Waals surface area (Å²) in [5, 5.41) is 13.5. The Morgan fingerprint density at radius 1 is 1.17 bits per heavy atom. The lowest BCUT2D eigenvalue weighted by Crippen LogP contribution is -2.47. The summed E-state index contributed by atoms with van der Waals surface area (Å²) < 4.78 is 5.15. The summed E-state index contributed by atoms with van der Waals surface area (Å²) in [4.78, 5) is 33.5. The molecule has 0 atom stereocenters. The molecule has 1 aliphatic rings. The van der Waals surface area contributed by atoms with E-state index in [2.05, 4.69) is 31.1 Å². The molecule has 1 aromatic heterocycles. The van der Waals surface area contributed by atoms with Crippen molar-refractivity contribution in [1.82, 2.24) is 25.3 Å². The van der Waals surface area contributed by atoms with Gasteiger partial charge in [-0.2, -0.15) is 0 Å². The van der Waals surface area contributed by atoms with Crippen LogP contribution in [0.25, 0.3) is 0 Å². The number of anilines is 2. The number of carbonyl (C=O) groups is 1. The fraction of sp³-hybridized carbons (Fsp3) is 0.353. The number of methoxy groups -OCH3 is 1. The number of nitrogens with one attached hydrogen (secondary N) is 3. The smallest absolute Gasteiger partial charge is 0.356 e. The minimum atomic E-state index is -0.601. The molecule has 29 heavy (non-hydrogen) atoms. The molecule has 1 aliphatic heterocycles. The van der Waals surface area contributed by atoms with Crippen LogP contribution in [0.4, 0.5) is 17.3 Å². The third kappa shape index (κ3) is 4.86. The van der Waals surface area contributed by atoms with Crippen molar-refractivity contribution in [2.45, 2.75) is 0 Å². The lowest BCUT2D eigenvalue weighted by atomic mass is 10.2. The zero-order chi connectivity index (χ0) is 20.8. The molecule has 0 saturated carbocycles. The summed E-state index contributed by atoms with van der Waals surface area (Å²) in [6, 6.07) is 6.63. The molecule has 0 aliphatic carbocycles. The number of aromatic nitrogens is 2. The largest absolute Gasteiger partial charge is 0.496 e. The Morgan fingerprint density at radius 2 is 1.86 bits per heavy atom. The van der Waals surface area contributed by atoms with Crippen LogP contribution >= 0.6 is 0 Å². The van der Waals surface area contributed by atoms with E-state index in [1.54, 1.807) is 24.3 Å². The van der Waals surface area contributed by atoms with Gasteiger partial charge in [-0.25, -0.2) is 15.0 Å². The van der Waals surface area contributed by atoms with Gasteiger partial charge in [0.05, 0.1) is 17.6 Å². The molecule has 0 spiro atoms. The van der Waals surface area contributed by atoms with Crippen molar-refractivity contribution in [2.24, 2.45) is 0 Å². The summed E-state index contributed by atoms with van der Waals surface area (Å²) in [5.41, 5.74) is 7.80. The summed E-state index contributed by atoms with van der Waals surface area (Å²) in [6.07, 6.45) is 1.18. The minimum absolute atomic E-state index is 0.0450. The van der Waals surface area contributed by atoms with Gasteiger partial charge in [-0.1, -0.05) is 12.1 Å². The Labute approximate surface area is 167 Å². The van der Waals surface area contributed by atoms with Crippen LogP contribution in [0.1, 0.15) is 10.4 Å². The number of likely N-dealkylation sites (N-methyl/N-ethyl adjacent to an activating group) is 1. The first kappa shape index (κ1) is 20.2. The predicted molar refractivity (Wildman–Crippen MR) is 105 cm³/mol. The molecule has 2 heterocycles. The van der Waals surface area contributed by atoms with Gasteiger partial charge in [0.25, 0.3) is 5.91 Å². The molecule has 3 rings (SSSR count). The number of nitro groups is 1. The van der Waals surface area contributed by atoms with Crippen molar-refractivity contribution in [3.8, 4) is 5.75 Å². The number of hydrazine groups is 2. The van der Waals surface area contributed by atoms with Crippen molar-refractivity contribution in [2.75, 3.05) is 51.2 Å². The third-order valence-electron chi connectivity index (χ3n) is 4.42. The summed E-state index contributed by atoms with van der Waals surface area (Å²) >= 11 is 0. The van der Waals surface area contributed by atoms with Crippen LogP contribution in [0.15, 0.2) is 30.6 Å². The maximum absolute atomic E-state index is 12.4. The fourth-order valence-electron chi connectivity index (χ4n) is 2.81. The van der Waals surface area contributed by atoms with Crippen LogP contribution in [0.2, 0.25) is 0 Å². The van der Waals surface area contributed by atoms with E-state index < -0.39 is 10.8 Å². The first-order chi connectivity index (χ1) is 14.0. The van der Waals surface area contributed by atoms with Crippen LogP contribution in [0.3, 0.4) is 0 Å². The van der Waals surface area contributed by atoms with Crippen molar-refractivity contribution >= 4 is 23.2 Å². The SMILES string of the molecule is COc1ccccc1C(=O)NNc1ncnc(NN2CCN(C)CC2)c1[N+](=O)[O-]. The number of ether oxygens (including phenoxy) is 1. The predicted octanol–water partition coefficient (Wildman–Crippen LogP) is 0.725. The molecule has 2 aromatic rings. The number of carbonyl (C=O) groups excluding carboxylic acids is 1. The van der Waals surface area contributed by atoms with E-state index in [1.807, 2.05) is 12.1 Å². The van der Waals surface area contributed by atoms with Crippen molar-refractivity contribution in [1.29, 1.82) is 0 Å². The first-order valence-corrected chi connectivity index (χ1v) is 8.88. The van der Waals surface area contributed by atoms with Gasteiger partial charge in [0.15, 0.2) is 0 Å². The van der Waals surface area contributed by atoms with Gasteiger partial charge in [-0.15, -0.1) is 0 Å². The lowest BCUT2D eigenvalue weighted by molar-refractivity contribution is -0.383. The Balaban J connectivity index is 1.75. The quantitative estimate of drug-likeness (QED) is 0.449. The zero-order valence-electron chi connectivity index (χ0n) is 16.1. The second-order valence-electron chi connectivity index (χ2n) is 6.36. The van der Waals surface area contributed by atoms with Gasteiger partial charge in [0, 0.05) is 26.2 Å². The van der Waals surface area contributed by atoms with Crippen molar-refractivity contribution < 1.29 is 14.5 Å². The zero-order valence-corrected chi connectivity index (χ0v) is 16.1. The molecule has 0 unspecified atom stereocenters. The van der Waals surface area contributed by atoms with E-state index in [0.717, 1.165) is 13.1 Å². The lowest BCUT2D eigenvalue weighted by Gasteiger charge is -2.32. The normalized spacial score (nSPS) is 14.8. The molecule has 12 nitrogen and oxygen atoms in total. The summed E-state index contributed by atoms with van der Waals surface area (Å²) in [5.74, 6) is -0.237. The number of rotatable bonds is 7. The summed E-state index contributed by atoms with van der Waals surface area (Å²) in [6.45, 7) is 3.02. The molecule has 1 fully saturated rings. The molecule has 0 radical (unpaired) electrons. The van der Waals surface area contributed by atoms with Gasteiger partial charge in [0.2, 0.25) is 11.6 Å². The highest BCUT2D eigenvalue weighted by Crippen LogP contribution is 2.29. The van der Waals surface area contributed by atoms with E-state index in [-0.39, 0.29) is 22.9 Å². The highest BCUT2D eigenvalue weighted by atomic mass is 16.6. The van der Waals surface area contributed by atoms with Crippen LogP contribution in [-0.4, -0.2) is 71.0 Å². The molecule has 1 aromatic carbocycles. The standard InChI is InChI=1S/C17H22N8O4/c1-23-7-9-24(10-8-23)22-16-14(25(27)28)15(18-11-19-16)20-21-17(26)12-5-3-4-6-13(12)29-2/h3-6,11H,7-10H2,1-2H3,(H,21,26)(H2,18,19,20,22). The molecule has 1 amide bonds. The molecular weight excluding hydrogens is 380 g/mol. The summed E-state index contributed by atoms with van der Waals surface area (Å²) in [7, 11) is 3.46. The van der Waals surface area contributed by atoms with Crippen LogP contribution in [0.5, 0.6) is 5.75 Å². The highest BCUT2D eigenvalue weighted by Gasteiger charge is 2.26. The average Bonchev–Trinajstić information content (AvgIpc) is 2.73. The fourth-order valence-corrected chi connectivity index (χ4v) is 2.81. The molecule has 154 valence electrons. The maximum atomic E-state index is 12.4. The van der Waals surface area contributed by atoms with E-state index in [1.165, 1.54) is 13.4 Å². The monoisotopic (exact) mass is 402 g/mol. The van der Waals surface area contributed by atoms with Crippen LogP contribution in [0, 0.1) is 10.1 Å². The minimum Gasteiger partial charge on any atom is -0.496 e.